The number of hydrogen-bond donors (Lipinski definition) is 5. The largest absolute Gasteiger partial charge is 0.390 e. The summed E-state index contributed by atoms with van der Waals surface area (Å²) in [5, 5.41) is 19.7. The van der Waals surface area contributed by atoms with Crippen LogP contribution in [0.15, 0.2) is 66.7 Å². The van der Waals surface area contributed by atoms with Gasteiger partial charge in [-0.2, -0.15) is 0 Å². The van der Waals surface area contributed by atoms with Crippen molar-refractivity contribution in [2.45, 2.75) is 38.0 Å². The molecule has 2 atom stereocenters. The molecule has 9 heteroatoms. The molecule has 190 valence electrons. The highest BCUT2D eigenvalue weighted by molar-refractivity contribution is 6.00. The maximum Gasteiger partial charge on any atom is 0.252 e. The molecule has 36 heavy (non-hydrogen) atoms. The van der Waals surface area contributed by atoms with Crippen molar-refractivity contribution in [2.75, 3.05) is 13.1 Å². The third kappa shape index (κ3) is 7.10. The van der Waals surface area contributed by atoms with Gasteiger partial charge >= 0.3 is 0 Å². The molecule has 0 saturated heterocycles. The van der Waals surface area contributed by atoms with E-state index in [1.165, 1.54) is 26.0 Å². The van der Waals surface area contributed by atoms with E-state index in [9.17, 15) is 23.9 Å². The minimum atomic E-state index is -1.38. The van der Waals surface area contributed by atoms with Crippen LogP contribution in [0.1, 0.15) is 29.8 Å². The van der Waals surface area contributed by atoms with Crippen molar-refractivity contribution in [2.24, 2.45) is 5.73 Å². The van der Waals surface area contributed by atoms with Gasteiger partial charge in [-0.1, -0.05) is 42.5 Å². The van der Waals surface area contributed by atoms with Gasteiger partial charge in [0.15, 0.2) is 0 Å². The van der Waals surface area contributed by atoms with E-state index in [0.717, 1.165) is 28.5 Å². The van der Waals surface area contributed by atoms with Gasteiger partial charge in [-0.3, -0.25) is 14.4 Å². The number of fused-ring (bicyclic) bond motifs is 1. The quantitative estimate of drug-likeness (QED) is 0.292. The average Bonchev–Trinajstić information content (AvgIpc) is 2.86. The van der Waals surface area contributed by atoms with Crippen LogP contribution < -0.4 is 21.7 Å². The number of halogens is 1. The minimum Gasteiger partial charge on any atom is -0.390 e. The van der Waals surface area contributed by atoms with Crippen molar-refractivity contribution in [1.82, 2.24) is 16.0 Å². The van der Waals surface area contributed by atoms with Gasteiger partial charge in [0.1, 0.15) is 17.4 Å². The van der Waals surface area contributed by atoms with Gasteiger partial charge in [-0.15, -0.1) is 0 Å². The van der Waals surface area contributed by atoms with Crippen LogP contribution in [0.5, 0.6) is 0 Å². The van der Waals surface area contributed by atoms with Crippen molar-refractivity contribution >= 4 is 28.5 Å². The van der Waals surface area contributed by atoms with Gasteiger partial charge in [0.05, 0.1) is 6.10 Å². The highest BCUT2D eigenvalue weighted by Gasteiger charge is 2.33. The van der Waals surface area contributed by atoms with Crippen molar-refractivity contribution < 1.29 is 23.9 Å². The van der Waals surface area contributed by atoms with Crippen LogP contribution in [0.3, 0.4) is 0 Å². The summed E-state index contributed by atoms with van der Waals surface area (Å²) in [6.07, 6.45) is -0.735. The molecular formula is C27H31FN4O4. The summed E-state index contributed by atoms with van der Waals surface area (Å²) in [5.74, 6) is -2.12. The minimum absolute atomic E-state index is 0.0234. The van der Waals surface area contributed by atoms with E-state index in [-0.39, 0.29) is 25.1 Å². The zero-order valence-corrected chi connectivity index (χ0v) is 20.3. The molecule has 3 aromatic carbocycles. The Balaban J connectivity index is 1.76. The van der Waals surface area contributed by atoms with E-state index in [4.69, 9.17) is 5.73 Å². The molecule has 6 N–H and O–H groups in total. The normalized spacial score (nSPS) is 13.0. The van der Waals surface area contributed by atoms with Crippen molar-refractivity contribution in [1.29, 1.82) is 0 Å². The summed E-state index contributed by atoms with van der Waals surface area (Å²) < 4.78 is 13.2. The molecule has 3 rings (SSSR count). The number of nitrogens with two attached hydrogens (primary N) is 1. The fraction of sp³-hybridized carbons (Fsp3) is 0.296. The molecule has 0 radical (unpaired) electrons. The number of nitrogens with one attached hydrogen (secondary N) is 3. The van der Waals surface area contributed by atoms with E-state index in [1.54, 1.807) is 0 Å². The predicted molar refractivity (Wildman–Crippen MR) is 136 cm³/mol. The first kappa shape index (κ1) is 26.8. The van der Waals surface area contributed by atoms with E-state index in [0.29, 0.717) is 0 Å². The molecule has 3 aromatic rings. The molecule has 0 aliphatic carbocycles. The number of aliphatic hydroxyl groups is 1. The maximum absolute atomic E-state index is 13.2. The number of rotatable bonds is 10. The van der Waals surface area contributed by atoms with Crippen LogP contribution in [0.25, 0.3) is 10.8 Å². The van der Waals surface area contributed by atoms with Crippen molar-refractivity contribution in [3.63, 3.8) is 0 Å². The zero-order valence-electron chi connectivity index (χ0n) is 20.3. The summed E-state index contributed by atoms with van der Waals surface area (Å²) >= 11 is 0. The molecule has 0 fully saturated rings. The molecule has 8 nitrogen and oxygen atoms in total. The molecule has 3 amide bonds. The van der Waals surface area contributed by atoms with Gasteiger partial charge in [-0.05, 0) is 54.4 Å². The Morgan fingerprint density at radius 2 is 1.67 bits per heavy atom. The summed E-state index contributed by atoms with van der Waals surface area (Å²) in [4.78, 5) is 38.7. The first-order valence-corrected chi connectivity index (χ1v) is 11.6. The second kappa shape index (κ2) is 11.7. The van der Waals surface area contributed by atoms with Gasteiger partial charge in [0, 0.05) is 25.1 Å². The molecule has 2 unspecified atom stereocenters. The lowest BCUT2D eigenvalue weighted by Gasteiger charge is -2.28. The number of hydrogen-bond acceptors (Lipinski definition) is 5. The van der Waals surface area contributed by atoms with Gasteiger partial charge in [-0.25, -0.2) is 4.39 Å². The van der Waals surface area contributed by atoms with E-state index < -0.39 is 41.2 Å². The second-order valence-electron chi connectivity index (χ2n) is 9.13. The Morgan fingerprint density at radius 3 is 2.33 bits per heavy atom. The summed E-state index contributed by atoms with van der Waals surface area (Å²) in [5.41, 5.74) is 5.05. The van der Waals surface area contributed by atoms with Crippen LogP contribution in [-0.2, 0) is 16.0 Å². The van der Waals surface area contributed by atoms with E-state index >= 15 is 0 Å². The number of aliphatic hydroxyl groups excluding tert-OH is 1. The molecule has 0 spiro atoms. The first-order valence-electron chi connectivity index (χ1n) is 11.6. The molecule has 0 aliphatic heterocycles. The number of carbonyl (C=O) groups is 3. The van der Waals surface area contributed by atoms with Crippen LogP contribution in [-0.4, -0.2) is 53.6 Å². The van der Waals surface area contributed by atoms with Crippen LogP contribution in [0.2, 0.25) is 0 Å². The standard InChI is InChI=1S/C27H31FN4O4/c1-27(2,32-24(34)19-9-11-21(28)12-10-19)26(36)31-23(25(35)30-16-22(33)15-29)14-17-7-8-18-5-3-4-6-20(18)13-17/h3-13,22-23,33H,14-16,29H2,1-2H3,(H,30,35)(H,31,36)(H,32,34). The van der Waals surface area contributed by atoms with Crippen molar-refractivity contribution in [3.05, 3.63) is 83.7 Å². The topological polar surface area (TPSA) is 134 Å². The average molecular weight is 495 g/mol. The molecule has 0 aromatic heterocycles. The van der Waals surface area contributed by atoms with E-state index in [2.05, 4.69) is 16.0 Å². The molecular weight excluding hydrogens is 463 g/mol. The van der Waals surface area contributed by atoms with Crippen molar-refractivity contribution in [3.8, 4) is 0 Å². The lowest BCUT2D eigenvalue weighted by atomic mass is 9.98. The lowest BCUT2D eigenvalue weighted by molar-refractivity contribution is -0.132. The highest BCUT2D eigenvalue weighted by atomic mass is 19.1. The predicted octanol–water partition coefficient (Wildman–Crippen LogP) is 1.65. The fourth-order valence-corrected chi connectivity index (χ4v) is 3.59. The Labute approximate surface area is 209 Å². The smallest absolute Gasteiger partial charge is 0.252 e. The molecule has 0 aliphatic rings. The Bertz CT molecular complexity index is 1230. The lowest BCUT2D eigenvalue weighted by Crippen LogP contribution is -2.59. The summed E-state index contributed by atoms with van der Waals surface area (Å²) in [6, 6.07) is 17.5. The monoisotopic (exact) mass is 494 g/mol. The summed E-state index contributed by atoms with van der Waals surface area (Å²) in [6.45, 7) is 2.92. The van der Waals surface area contributed by atoms with Gasteiger partial charge in [0.25, 0.3) is 5.91 Å². The molecule has 0 saturated carbocycles. The Morgan fingerprint density at radius 1 is 1.00 bits per heavy atom. The van der Waals surface area contributed by atoms with Gasteiger partial charge < -0.3 is 26.8 Å². The molecule has 0 heterocycles. The third-order valence-electron chi connectivity index (χ3n) is 5.76. The van der Waals surface area contributed by atoms with Gasteiger partial charge in [0.2, 0.25) is 11.8 Å². The number of amides is 3. The summed E-state index contributed by atoms with van der Waals surface area (Å²) in [7, 11) is 0. The number of benzene rings is 3. The Hall–Kier alpha value is -3.82. The molecule has 0 bridgehead atoms. The number of carbonyl (C=O) groups excluding carboxylic acids is 3. The Kier molecular flexibility index (Phi) is 8.73. The SMILES string of the molecule is CC(C)(NC(=O)c1ccc(F)cc1)C(=O)NC(Cc1ccc2ccccc2c1)C(=O)NCC(O)CN. The van der Waals surface area contributed by atoms with Crippen LogP contribution in [0, 0.1) is 5.82 Å². The third-order valence-corrected chi connectivity index (χ3v) is 5.76. The maximum atomic E-state index is 13.2. The first-order chi connectivity index (χ1) is 17.1. The van der Waals surface area contributed by atoms with Crippen LogP contribution >= 0.6 is 0 Å². The second-order valence-corrected chi connectivity index (χ2v) is 9.13. The highest BCUT2D eigenvalue weighted by Crippen LogP contribution is 2.17. The van der Waals surface area contributed by atoms with Crippen LogP contribution in [0.4, 0.5) is 4.39 Å². The fourth-order valence-electron chi connectivity index (χ4n) is 3.59. The zero-order chi connectivity index (χ0) is 26.3. The van der Waals surface area contributed by atoms with E-state index in [1.807, 2.05) is 42.5 Å².